The number of aliphatic hydroxyl groups is 2. The van der Waals surface area contributed by atoms with Gasteiger partial charge in [-0.1, -0.05) is 287 Å². The Balaban J connectivity index is -0.00000149. The van der Waals surface area contributed by atoms with Crippen LogP contribution in [0.1, 0.15) is 243 Å². The molecule has 12 rings (SSSR count). The number of aliphatic carboxylic acids is 3. The Bertz CT molecular complexity index is 3950. The number of nitrogens with zero attached hydrogens (tertiary/aromatic N) is 4. The number of hydrogen-bond donors (Lipinski definition) is 8. The van der Waals surface area contributed by atoms with Crippen LogP contribution in [0.15, 0.2) is 195 Å². The molecule has 6 aliphatic rings. The normalized spacial score (nSPS) is 16.2. The van der Waals surface area contributed by atoms with E-state index in [0.717, 1.165) is 102 Å². The minimum atomic E-state index is -1.79. The zero-order chi connectivity index (χ0) is 99.9. The molecule has 6 aromatic rings. The molecule has 9 N–H and O–H groups in total. The number of rotatable bonds is 36. The number of aldehydes is 2. The van der Waals surface area contributed by atoms with Crippen LogP contribution in [0.2, 0.25) is 18.1 Å². The van der Waals surface area contributed by atoms with Crippen molar-refractivity contribution >= 4 is 62.6 Å². The fourth-order valence-electron chi connectivity index (χ4n) is 18.0. The van der Waals surface area contributed by atoms with E-state index in [1.807, 2.05) is 124 Å². The number of aliphatic hydroxyl groups excluding tert-OH is 2. The summed E-state index contributed by atoms with van der Waals surface area (Å²) < 4.78 is 36.4. The fourth-order valence-corrected chi connectivity index (χ4v) is 18.9. The van der Waals surface area contributed by atoms with Crippen LogP contribution in [-0.2, 0) is 89.5 Å². The first-order valence-electron chi connectivity index (χ1n) is 48.1. The topological polar surface area (TPSA) is 339 Å². The van der Waals surface area contributed by atoms with Gasteiger partial charge in [0.15, 0.2) is 23.7 Å². The van der Waals surface area contributed by atoms with Gasteiger partial charge in [0.2, 0.25) is 0 Å². The standard InChI is InChI=1S/C17H27NO2.C15H21NO2.C15H23NO.C15H21NO.C14H19NO2.C12H26O2Si.C7H13NO2.C7H6O.C4H10O3.CH2O2.CH4O.CH4.Al.Li.4H/c1-18(13-14-9-5-4-6-10-14)16(17(19-2)20-3)15-11-7-8-12-15;1-16(11-12-7-3-2-4-8-12)14(15(17)18)13-9-5-6-10-13;2*1-16(11-13-7-3-2-4-8-13)15(12-17)14-9-5-6-10-14;16-14(17)13(12-8-4-5-9-12)15-10-11-6-2-1-3-7-11;1-10(13-11(2,3)4)14-15(8,9)12(5,6)7;8-6(7(9)10)5-3-1-2-4-5;8-6-7-4-2-1-3-5-7;1-5-4(6-2)7-3;2-1-3;1-2;;;;;;;/h4-6,9-10,15-17H,7-8,11-13H2,1-3H3;2-4,7-8,13-14H,5-6,9-11H2,1H3,(H,17,18);2-4,7-8,14-15,17H,5-6,9-12H2,1H3;2-4,7-8,12,14-15H,5-6,9-11H2,1H3;1-3,6-7,12-13,15H,4-5,8-10H2,(H,16,17);1H2,2-9H3;5-6H,1-4,8H2,(H,9,10);1-6H;4H,1-3H3;1H,(H,2,3);2H,1H3;1H4;;;;;;/q;;;;;;;;;;;;;+1;;;;-1/t16-;14-;2*15-;13-;;6-;;;;;;;;;;;/m00110.0.........../s1. The number of carboxylic acids is 3. The Labute approximate surface area is 849 Å². The zero-order valence-corrected chi connectivity index (χ0v) is 86.4. The van der Waals surface area contributed by atoms with Crippen LogP contribution in [0.4, 0.5) is 0 Å². The van der Waals surface area contributed by atoms with Gasteiger partial charge in [-0.05, 0) is 214 Å². The molecule has 0 saturated heterocycles. The Kier molecular flexibility index (Phi) is 73.5. The van der Waals surface area contributed by atoms with Crippen molar-refractivity contribution in [3.63, 3.8) is 0 Å². The third kappa shape index (κ3) is 54.5. The number of methoxy groups -OCH3 is 5. The maximum atomic E-state index is 11.5. The van der Waals surface area contributed by atoms with Crippen molar-refractivity contribution in [2.24, 2.45) is 41.2 Å². The second kappa shape index (κ2) is 76.4. The molecule has 0 spiro atoms. The summed E-state index contributed by atoms with van der Waals surface area (Å²) in [6.07, 6.45) is 30.4. The molecule has 137 heavy (non-hydrogen) atoms. The van der Waals surface area contributed by atoms with Crippen molar-refractivity contribution in [2.45, 2.75) is 309 Å². The van der Waals surface area contributed by atoms with Crippen LogP contribution in [0.5, 0.6) is 0 Å². The van der Waals surface area contributed by atoms with Crippen LogP contribution in [0.25, 0.3) is 0 Å². The summed E-state index contributed by atoms with van der Waals surface area (Å²) in [6.45, 7) is 24.4. The van der Waals surface area contributed by atoms with Crippen molar-refractivity contribution in [2.75, 3.05) is 77.5 Å². The van der Waals surface area contributed by atoms with E-state index < -0.39 is 44.8 Å². The van der Waals surface area contributed by atoms with E-state index >= 15 is 0 Å². The third-order valence-electron chi connectivity index (χ3n) is 25.8. The van der Waals surface area contributed by atoms with Gasteiger partial charge in [0.25, 0.3) is 27.2 Å². The SMILES string of the molecule is C.C=C(OC(C)(C)C)O[Si](C)(C)C(C)(C)C.CN(Cc1ccccc1)[C@H](C(=O)O)C1CCCC1.CN(Cc1ccccc1)[C@H](C=O)C1CCCC1.CN(Cc1ccccc1)[C@H](CO)C1CCCC1.CO.COC(OC)OC.COC(OC)[C@H](C1CCCC1)N(C)Cc1ccccc1.N[C@H](C(=O)O)C1CCCC1.O=C(O)[C@@H](NCc1ccccc1)C1CCCC1.O=CO.O=Cc1ccccc1.[AlH3].[H-].[Li+]. The molecule has 6 atom stereocenters. The number of carbonyl (C=O) groups is 6. The van der Waals surface area contributed by atoms with Gasteiger partial charge in [-0.3, -0.25) is 43.6 Å². The summed E-state index contributed by atoms with van der Waals surface area (Å²) in [5.74, 6) is 0.989. The first-order valence-corrected chi connectivity index (χ1v) is 51.0. The molecular formula is C109H180AlLiN6O19Si. The molecule has 25 nitrogen and oxygen atoms in total. The van der Waals surface area contributed by atoms with Crippen molar-refractivity contribution < 1.29 is 113 Å². The van der Waals surface area contributed by atoms with Gasteiger partial charge in [-0.15, -0.1) is 0 Å². The van der Waals surface area contributed by atoms with Crippen LogP contribution in [-0.4, -0.2) is 245 Å². The van der Waals surface area contributed by atoms with Gasteiger partial charge < -0.3 is 80.8 Å². The minimum absolute atomic E-state index is 0. The number of nitrogens with two attached hydrogens (primary N) is 1. The number of nitrogens with one attached hydrogen (secondary N) is 1. The molecule has 6 saturated carbocycles. The Morgan fingerprint density at radius 1 is 0.474 bits per heavy atom. The molecule has 28 heteroatoms. The quantitative estimate of drug-likeness (QED) is 0.00784. The third-order valence-corrected chi connectivity index (χ3v) is 30.2. The second-order valence-corrected chi connectivity index (χ2v) is 42.7. The molecule has 768 valence electrons. The molecule has 0 bridgehead atoms. The van der Waals surface area contributed by atoms with Crippen LogP contribution >= 0.6 is 0 Å². The molecule has 6 aliphatic carbocycles. The van der Waals surface area contributed by atoms with Gasteiger partial charge in [-0.25, -0.2) is 0 Å². The fraction of sp³-hybridized carbons (Fsp3) is 0.596. The predicted molar refractivity (Wildman–Crippen MR) is 557 cm³/mol. The average Bonchev–Trinajstić information content (AvgIpc) is 1.61. The summed E-state index contributed by atoms with van der Waals surface area (Å²) in [5, 5.41) is 54.0. The van der Waals surface area contributed by atoms with Crippen molar-refractivity contribution in [1.29, 1.82) is 0 Å². The van der Waals surface area contributed by atoms with Gasteiger partial charge in [0, 0.05) is 87.0 Å². The summed E-state index contributed by atoms with van der Waals surface area (Å²) in [5.41, 5.74) is 12.2. The largest absolute Gasteiger partial charge is 1.00 e. The van der Waals surface area contributed by atoms with E-state index in [1.165, 1.54) is 146 Å². The molecule has 6 fully saturated rings. The molecule has 0 heterocycles. The van der Waals surface area contributed by atoms with E-state index in [4.69, 9.17) is 44.5 Å². The van der Waals surface area contributed by atoms with E-state index in [-0.39, 0.29) is 93.1 Å². The van der Waals surface area contributed by atoms with Crippen molar-refractivity contribution in [3.8, 4) is 0 Å². The number of hydrogen-bond acceptors (Lipinski definition) is 21. The molecule has 0 unspecified atom stereocenters. The van der Waals surface area contributed by atoms with Gasteiger partial charge in [0.05, 0.1) is 18.7 Å². The maximum absolute atomic E-state index is 11.5. The monoisotopic (exact) mass is 1940 g/mol. The number of carboxylic acid groups (broad SMARTS) is 4. The smallest absolute Gasteiger partial charge is 1.00 e. The molecule has 0 amide bonds. The Morgan fingerprint density at radius 3 is 1.10 bits per heavy atom. The number of carbonyl (C=O) groups excluding carboxylic acids is 2. The average molecular weight is 1940 g/mol. The van der Waals surface area contributed by atoms with Crippen LogP contribution < -0.4 is 29.9 Å². The molecule has 0 aliphatic heterocycles. The van der Waals surface area contributed by atoms with E-state index in [1.54, 1.807) is 26.4 Å². The minimum Gasteiger partial charge on any atom is -1.00 e. The number of ether oxygens (including phenoxy) is 6. The predicted octanol–water partition coefficient (Wildman–Crippen LogP) is 16.5. The first-order chi connectivity index (χ1) is 64.1. The summed E-state index contributed by atoms with van der Waals surface area (Å²) in [6, 6.07) is 60.0. The van der Waals surface area contributed by atoms with Crippen LogP contribution in [0.3, 0.4) is 0 Å². The van der Waals surface area contributed by atoms with Gasteiger partial charge in [0.1, 0.15) is 36.3 Å². The first kappa shape index (κ1) is 132. The van der Waals surface area contributed by atoms with E-state index in [2.05, 4.69) is 175 Å². The van der Waals surface area contributed by atoms with E-state index in [9.17, 15) is 39.3 Å². The van der Waals surface area contributed by atoms with Crippen molar-refractivity contribution in [3.05, 3.63) is 228 Å². The second-order valence-electron chi connectivity index (χ2n) is 38.0. The van der Waals surface area contributed by atoms with Crippen molar-refractivity contribution in [1.82, 2.24) is 24.9 Å². The molecule has 0 aromatic heterocycles. The molecule has 0 radical (unpaired) electrons. The van der Waals surface area contributed by atoms with Gasteiger partial charge in [-0.2, -0.15) is 0 Å². The maximum Gasteiger partial charge on any atom is 1.00 e. The number of likely N-dealkylation sites (N-methyl/N-ethyl adjacent to an activating group) is 4. The molecular weight excluding hydrogens is 1760 g/mol. The Morgan fingerprint density at radius 2 is 0.796 bits per heavy atom. The van der Waals surface area contributed by atoms with Crippen LogP contribution in [0, 0.1) is 35.5 Å². The van der Waals surface area contributed by atoms with E-state index in [0.29, 0.717) is 60.7 Å². The zero-order valence-electron chi connectivity index (χ0n) is 86.4. The summed E-state index contributed by atoms with van der Waals surface area (Å²) >= 11 is 0. The summed E-state index contributed by atoms with van der Waals surface area (Å²) in [7, 11) is 15.5. The Hall–Kier alpha value is -7.29. The number of benzene rings is 6. The molecule has 6 aromatic carbocycles. The summed E-state index contributed by atoms with van der Waals surface area (Å²) in [4.78, 5) is 71.6. The van der Waals surface area contributed by atoms with Gasteiger partial charge >= 0.3 is 36.8 Å².